The zero-order valence-electron chi connectivity index (χ0n) is 20.3. The molecule has 1 saturated heterocycles. The van der Waals surface area contributed by atoms with E-state index in [1.165, 1.54) is 35.7 Å². The predicted molar refractivity (Wildman–Crippen MR) is 126 cm³/mol. The fraction of sp³-hybridized carbons (Fsp3) is 0.481. The van der Waals surface area contributed by atoms with Crippen molar-refractivity contribution in [1.82, 2.24) is 4.90 Å². The maximum atomic E-state index is 14.1. The Morgan fingerprint density at radius 2 is 1.94 bits per heavy atom. The number of Topliss-reactive ketones (excluding diaryl/α,β-unsaturated/α-hetero) is 1. The second kappa shape index (κ2) is 9.74. The number of fused-ring (bicyclic) bond motifs is 1. The van der Waals surface area contributed by atoms with E-state index in [-0.39, 0.29) is 30.0 Å². The number of carbonyl (C=O) groups is 2. The number of morpholine rings is 1. The van der Waals surface area contributed by atoms with Crippen molar-refractivity contribution in [2.45, 2.75) is 58.7 Å². The minimum absolute atomic E-state index is 0.0273. The largest absolute Gasteiger partial charge is 0.491 e. The molecule has 34 heavy (non-hydrogen) atoms. The van der Waals surface area contributed by atoms with Gasteiger partial charge >= 0.3 is 0 Å². The summed E-state index contributed by atoms with van der Waals surface area (Å²) >= 11 is 0. The SMILES string of the molecule is CC(=O)c1ccc(OCC2CN(C(=O)C(C)(C)Oc3ccc(C)c4c3CCC4)CCO2)cc1F. The third-order valence-corrected chi connectivity index (χ3v) is 6.54. The molecule has 4 rings (SSSR count). The van der Waals surface area contributed by atoms with Crippen LogP contribution in [-0.2, 0) is 22.4 Å². The summed E-state index contributed by atoms with van der Waals surface area (Å²) in [7, 11) is 0. The molecule has 0 N–H and O–H groups in total. The Hall–Kier alpha value is -2.93. The van der Waals surface area contributed by atoms with Crippen LogP contribution in [0.3, 0.4) is 0 Å². The molecule has 182 valence electrons. The number of aryl methyl sites for hydroxylation is 1. The van der Waals surface area contributed by atoms with Crippen molar-refractivity contribution in [2.75, 3.05) is 26.3 Å². The van der Waals surface area contributed by atoms with Crippen molar-refractivity contribution in [3.63, 3.8) is 0 Å². The number of nitrogens with zero attached hydrogens (tertiary/aromatic N) is 1. The van der Waals surface area contributed by atoms with Crippen molar-refractivity contribution in [1.29, 1.82) is 0 Å². The Labute approximate surface area is 200 Å². The molecule has 1 amide bonds. The summed E-state index contributed by atoms with van der Waals surface area (Å²) < 4.78 is 31.8. The van der Waals surface area contributed by atoms with Gasteiger partial charge in [-0.2, -0.15) is 0 Å². The quantitative estimate of drug-likeness (QED) is 0.566. The lowest BCUT2D eigenvalue weighted by atomic mass is 10.0. The van der Waals surface area contributed by atoms with Gasteiger partial charge in [0.05, 0.1) is 18.7 Å². The Morgan fingerprint density at radius 1 is 1.18 bits per heavy atom. The molecule has 1 unspecified atom stereocenters. The Kier molecular flexibility index (Phi) is 6.94. The van der Waals surface area contributed by atoms with Gasteiger partial charge in [-0.15, -0.1) is 0 Å². The highest BCUT2D eigenvalue weighted by Crippen LogP contribution is 2.35. The topological polar surface area (TPSA) is 65.1 Å². The van der Waals surface area contributed by atoms with E-state index in [2.05, 4.69) is 13.0 Å². The maximum absolute atomic E-state index is 14.1. The van der Waals surface area contributed by atoms with E-state index < -0.39 is 11.4 Å². The minimum Gasteiger partial charge on any atom is -0.491 e. The highest BCUT2D eigenvalue weighted by molar-refractivity contribution is 5.94. The van der Waals surface area contributed by atoms with Gasteiger partial charge in [-0.05, 0) is 81.8 Å². The highest BCUT2D eigenvalue weighted by atomic mass is 19.1. The maximum Gasteiger partial charge on any atom is 0.266 e. The summed E-state index contributed by atoms with van der Waals surface area (Å²) in [6.45, 7) is 8.41. The molecule has 2 aromatic rings. The molecular formula is C27H32FNO5. The van der Waals surface area contributed by atoms with Crippen LogP contribution in [0.15, 0.2) is 30.3 Å². The van der Waals surface area contributed by atoms with Crippen molar-refractivity contribution < 1.29 is 28.2 Å². The van der Waals surface area contributed by atoms with Gasteiger partial charge in [0.25, 0.3) is 5.91 Å². The van der Waals surface area contributed by atoms with E-state index in [1.54, 1.807) is 24.8 Å². The van der Waals surface area contributed by atoms with Gasteiger partial charge in [0.1, 0.15) is 30.0 Å². The lowest BCUT2D eigenvalue weighted by molar-refractivity contribution is -0.153. The Bertz CT molecular complexity index is 1100. The Morgan fingerprint density at radius 3 is 2.68 bits per heavy atom. The fourth-order valence-corrected chi connectivity index (χ4v) is 4.71. The molecule has 7 heteroatoms. The molecule has 1 aliphatic carbocycles. The van der Waals surface area contributed by atoms with Crippen LogP contribution in [-0.4, -0.2) is 54.6 Å². The summed E-state index contributed by atoms with van der Waals surface area (Å²) in [4.78, 5) is 26.5. The number of rotatable bonds is 7. The van der Waals surface area contributed by atoms with Gasteiger partial charge in [-0.25, -0.2) is 4.39 Å². The third-order valence-electron chi connectivity index (χ3n) is 6.54. The average Bonchev–Trinajstić information content (AvgIpc) is 3.30. The standard InChI is InChI=1S/C27H32FNO5/c1-17-8-11-25(23-7-5-6-21(17)23)34-27(3,4)26(31)29-12-13-32-20(15-29)16-33-19-9-10-22(18(2)30)24(28)14-19/h8-11,14,20H,5-7,12-13,15-16H2,1-4H3. The van der Waals surface area contributed by atoms with Gasteiger partial charge in [-0.1, -0.05) is 6.07 Å². The number of hydrogen-bond acceptors (Lipinski definition) is 5. The lowest BCUT2D eigenvalue weighted by Crippen LogP contribution is -2.55. The van der Waals surface area contributed by atoms with Crippen LogP contribution in [0.25, 0.3) is 0 Å². The van der Waals surface area contributed by atoms with Crippen molar-refractivity contribution in [2.24, 2.45) is 0 Å². The van der Waals surface area contributed by atoms with E-state index in [0.717, 1.165) is 25.0 Å². The van der Waals surface area contributed by atoms with E-state index in [1.807, 2.05) is 6.07 Å². The van der Waals surface area contributed by atoms with E-state index in [9.17, 15) is 14.0 Å². The van der Waals surface area contributed by atoms with Crippen LogP contribution in [0, 0.1) is 12.7 Å². The molecule has 0 bridgehead atoms. The number of amides is 1. The summed E-state index contributed by atoms with van der Waals surface area (Å²) in [6, 6.07) is 8.20. The number of benzene rings is 2. The summed E-state index contributed by atoms with van der Waals surface area (Å²) in [5, 5.41) is 0. The number of ether oxygens (including phenoxy) is 3. The van der Waals surface area contributed by atoms with E-state index in [0.29, 0.717) is 25.4 Å². The van der Waals surface area contributed by atoms with Gasteiger partial charge in [0.15, 0.2) is 11.4 Å². The second-order valence-corrected chi connectivity index (χ2v) is 9.56. The number of carbonyl (C=O) groups excluding carboxylic acids is 2. The molecule has 2 aliphatic rings. The molecule has 1 aliphatic heterocycles. The van der Waals surface area contributed by atoms with Gasteiger partial charge in [0, 0.05) is 12.6 Å². The predicted octanol–water partition coefficient (Wildman–Crippen LogP) is 4.29. The van der Waals surface area contributed by atoms with E-state index >= 15 is 0 Å². The fourth-order valence-electron chi connectivity index (χ4n) is 4.71. The van der Waals surface area contributed by atoms with Gasteiger partial charge < -0.3 is 19.1 Å². The zero-order chi connectivity index (χ0) is 24.5. The smallest absolute Gasteiger partial charge is 0.266 e. The minimum atomic E-state index is -1.03. The molecule has 0 radical (unpaired) electrons. The molecule has 0 saturated carbocycles. The number of ketones is 1. The molecule has 2 aromatic carbocycles. The lowest BCUT2D eigenvalue weighted by Gasteiger charge is -2.37. The third kappa shape index (κ3) is 5.09. The molecule has 0 spiro atoms. The van der Waals surface area contributed by atoms with Crippen molar-refractivity contribution in [3.05, 3.63) is 58.4 Å². The van der Waals surface area contributed by atoms with Crippen LogP contribution >= 0.6 is 0 Å². The summed E-state index contributed by atoms with van der Waals surface area (Å²) in [5.41, 5.74) is 2.84. The van der Waals surface area contributed by atoms with E-state index in [4.69, 9.17) is 14.2 Å². The molecule has 1 heterocycles. The first-order chi connectivity index (χ1) is 16.2. The molecular weight excluding hydrogens is 437 g/mol. The molecule has 1 fully saturated rings. The van der Waals surface area contributed by atoms with Crippen molar-refractivity contribution in [3.8, 4) is 11.5 Å². The Balaban J connectivity index is 1.38. The monoisotopic (exact) mass is 469 g/mol. The van der Waals surface area contributed by atoms with Crippen molar-refractivity contribution >= 4 is 11.7 Å². The molecule has 0 aromatic heterocycles. The molecule has 6 nitrogen and oxygen atoms in total. The van der Waals surface area contributed by atoms with Gasteiger partial charge in [0.2, 0.25) is 0 Å². The van der Waals surface area contributed by atoms with Crippen LogP contribution in [0.4, 0.5) is 4.39 Å². The zero-order valence-corrected chi connectivity index (χ0v) is 20.3. The average molecular weight is 470 g/mol. The number of halogens is 1. The highest BCUT2D eigenvalue weighted by Gasteiger charge is 2.38. The first-order valence-electron chi connectivity index (χ1n) is 11.8. The van der Waals surface area contributed by atoms with Crippen LogP contribution in [0.2, 0.25) is 0 Å². The first-order valence-corrected chi connectivity index (χ1v) is 11.8. The van der Waals surface area contributed by atoms with Gasteiger partial charge in [-0.3, -0.25) is 9.59 Å². The summed E-state index contributed by atoms with van der Waals surface area (Å²) in [5.74, 6) is 0.0409. The molecule has 1 atom stereocenters. The first kappa shape index (κ1) is 24.2. The summed E-state index contributed by atoms with van der Waals surface area (Å²) in [6.07, 6.45) is 2.78. The second-order valence-electron chi connectivity index (χ2n) is 9.56. The van der Waals surface area contributed by atoms with Crippen LogP contribution in [0.1, 0.15) is 54.2 Å². The van der Waals surface area contributed by atoms with Crippen LogP contribution in [0.5, 0.6) is 11.5 Å². The van der Waals surface area contributed by atoms with Crippen LogP contribution < -0.4 is 9.47 Å². The number of hydrogen-bond donors (Lipinski definition) is 0. The normalized spacial score (nSPS) is 17.9.